The van der Waals surface area contributed by atoms with E-state index in [1.807, 2.05) is 24.3 Å². The summed E-state index contributed by atoms with van der Waals surface area (Å²) in [6.45, 7) is 1.60. The van der Waals surface area contributed by atoms with Gasteiger partial charge < -0.3 is 16.0 Å². The number of primary amides is 1. The zero-order chi connectivity index (χ0) is 15.2. The van der Waals surface area contributed by atoms with Crippen LogP contribution in [0.4, 0.5) is 5.69 Å². The van der Waals surface area contributed by atoms with Crippen molar-refractivity contribution in [1.29, 1.82) is 0 Å². The number of carbonyl (C=O) groups is 1. The Kier molecular flexibility index (Phi) is 4.95. The Bertz CT molecular complexity index is 606. The van der Waals surface area contributed by atoms with Crippen molar-refractivity contribution < 1.29 is 4.79 Å². The van der Waals surface area contributed by atoms with Crippen LogP contribution in [0.25, 0.3) is 0 Å². The Morgan fingerprint density at radius 3 is 2.38 bits per heavy atom. The van der Waals surface area contributed by atoms with Crippen molar-refractivity contribution >= 4 is 11.6 Å². The smallest absolute Gasteiger partial charge is 0.248 e. The molecule has 0 atom stereocenters. The maximum absolute atomic E-state index is 11.0. The lowest BCUT2D eigenvalue weighted by Gasteiger charge is -2.15. The molecular formula is C17H21N3O. The van der Waals surface area contributed by atoms with E-state index in [4.69, 9.17) is 5.73 Å². The van der Waals surface area contributed by atoms with Crippen molar-refractivity contribution in [1.82, 2.24) is 4.90 Å². The largest absolute Gasteiger partial charge is 0.381 e. The minimum atomic E-state index is -0.397. The number of nitrogens with zero attached hydrogens (tertiary/aromatic N) is 1. The van der Waals surface area contributed by atoms with Crippen molar-refractivity contribution in [3.8, 4) is 0 Å². The molecule has 0 aromatic heterocycles. The highest BCUT2D eigenvalue weighted by Gasteiger charge is 2.03. The standard InChI is InChI=1S/C17H21N3O/c1-20(2)12-15-5-3-4-6-16(15)19-11-13-7-9-14(10-8-13)17(18)21/h3-10,19H,11-12H2,1-2H3,(H2,18,21). The summed E-state index contributed by atoms with van der Waals surface area (Å²) in [6.07, 6.45) is 0. The van der Waals surface area contributed by atoms with Gasteiger partial charge in [0.15, 0.2) is 0 Å². The van der Waals surface area contributed by atoms with Gasteiger partial charge in [-0.2, -0.15) is 0 Å². The molecule has 0 saturated carbocycles. The van der Waals surface area contributed by atoms with Gasteiger partial charge in [-0.05, 0) is 43.4 Å². The molecule has 0 aliphatic rings. The van der Waals surface area contributed by atoms with Crippen molar-refractivity contribution in [3.63, 3.8) is 0 Å². The summed E-state index contributed by atoms with van der Waals surface area (Å²) in [6, 6.07) is 15.6. The fourth-order valence-corrected chi connectivity index (χ4v) is 2.16. The number of rotatable bonds is 6. The average molecular weight is 283 g/mol. The number of benzene rings is 2. The SMILES string of the molecule is CN(C)Cc1ccccc1NCc1ccc(C(N)=O)cc1. The molecule has 0 aliphatic carbocycles. The number of amides is 1. The van der Waals surface area contributed by atoms with Crippen LogP contribution in [0.1, 0.15) is 21.5 Å². The van der Waals surface area contributed by atoms with E-state index in [-0.39, 0.29) is 0 Å². The molecule has 4 heteroatoms. The van der Waals surface area contributed by atoms with Crippen LogP contribution >= 0.6 is 0 Å². The van der Waals surface area contributed by atoms with E-state index in [0.29, 0.717) is 12.1 Å². The molecule has 0 unspecified atom stereocenters. The molecule has 21 heavy (non-hydrogen) atoms. The first-order chi connectivity index (χ1) is 10.1. The maximum atomic E-state index is 11.0. The minimum Gasteiger partial charge on any atom is -0.381 e. The average Bonchev–Trinajstić information content (AvgIpc) is 2.46. The van der Waals surface area contributed by atoms with Crippen molar-refractivity contribution in [2.75, 3.05) is 19.4 Å². The zero-order valence-corrected chi connectivity index (χ0v) is 12.5. The molecule has 1 amide bonds. The third-order valence-corrected chi connectivity index (χ3v) is 3.23. The fraction of sp³-hybridized carbons (Fsp3) is 0.235. The minimum absolute atomic E-state index is 0.397. The van der Waals surface area contributed by atoms with Gasteiger partial charge in [-0.25, -0.2) is 0 Å². The molecular weight excluding hydrogens is 262 g/mol. The number of para-hydroxylation sites is 1. The molecule has 0 spiro atoms. The molecule has 4 nitrogen and oxygen atoms in total. The van der Waals surface area contributed by atoms with Gasteiger partial charge in [-0.1, -0.05) is 30.3 Å². The summed E-state index contributed by atoms with van der Waals surface area (Å²) in [4.78, 5) is 13.2. The number of carbonyl (C=O) groups excluding carboxylic acids is 1. The Labute approximate surface area is 125 Å². The van der Waals surface area contributed by atoms with Gasteiger partial charge in [0, 0.05) is 24.3 Å². The van der Waals surface area contributed by atoms with Gasteiger partial charge >= 0.3 is 0 Å². The molecule has 0 fully saturated rings. The second-order valence-corrected chi connectivity index (χ2v) is 5.31. The van der Waals surface area contributed by atoms with Gasteiger partial charge in [-0.3, -0.25) is 4.79 Å². The second kappa shape index (κ2) is 6.90. The van der Waals surface area contributed by atoms with Gasteiger partial charge in [0.1, 0.15) is 0 Å². The molecule has 0 heterocycles. The summed E-state index contributed by atoms with van der Waals surface area (Å²) in [5.41, 5.74) is 9.27. The lowest BCUT2D eigenvalue weighted by atomic mass is 10.1. The van der Waals surface area contributed by atoms with Crippen molar-refractivity contribution in [2.45, 2.75) is 13.1 Å². The predicted octanol–water partition coefficient (Wildman–Crippen LogP) is 2.46. The second-order valence-electron chi connectivity index (χ2n) is 5.31. The summed E-state index contributed by atoms with van der Waals surface area (Å²) in [5.74, 6) is -0.397. The topological polar surface area (TPSA) is 58.4 Å². The maximum Gasteiger partial charge on any atom is 0.248 e. The van der Waals surface area contributed by atoms with Crippen LogP contribution in [0.2, 0.25) is 0 Å². The van der Waals surface area contributed by atoms with Gasteiger partial charge in [0.05, 0.1) is 0 Å². The number of nitrogens with one attached hydrogen (secondary N) is 1. The molecule has 2 aromatic carbocycles. The Morgan fingerprint density at radius 2 is 1.76 bits per heavy atom. The highest BCUT2D eigenvalue weighted by molar-refractivity contribution is 5.92. The summed E-state index contributed by atoms with van der Waals surface area (Å²) < 4.78 is 0. The number of nitrogens with two attached hydrogens (primary N) is 1. The van der Waals surface area contributed by atoms with Crippen molar-refractivity contribution in [2.24, 2.45) is 5.73 Å². The molecule has 3 N–H and O–H groups in total. The van der Waals surface area contributed by atoms with Crippen LogP contribution in [-0.2, 0) is 13.1 Å². The van der Waals surface area contributed by atoms with E-state index in [9.17, 15) is 4.79 Å². The van der Waals surface area contributed by atoms with E-state index in [1.165, 1.54) is 5.56 Å². The molecule has 0 radical (unpaired) electrons. The third-order valence-electron chi connectivity index (χ3n) is 3.23. The first-order valence-corrected chi connectivity index (χ1v) is 6.91. The normalized spacial score (nSPS) is 10.6. The van der Waals surface area contributed by atoms with Gasteiger partial charge in [0.2, 0.25) is 5.91 Å². The van der Waals surface area contributed by atoms with Crippen LogP contribution < -0.4 is 11.1 Å². The van der Waals surface area contributed by atoms with Crippen LogP contribution in [0, 0.1) is 0 Å². The molecule has 2 rings (SSSR count). The van der Waals surface area contributed by atoms with E-state index < -0.39 is 5.91 Å². The zero-order valence-electron chi connectivity index (χ0n) is 12.5. The quantitative estimate of drug-likeness (QED) is 0.856. The van der Waals surface area contributed by atoms with Crippen LogP contribution in [0.15, 0.2) is 48.5 Å². The number of hydrogen-bond acceptors (Lipinski definition) is 3. The van der Waals surface area contributed by atoms with Gasteiger partial charge in [-0.15, -0.1) is 0 Å². The van der Waals surface area contributed by atoms with Crippen LogP contribution in [0.5, 0.6) is 0 Å². The van der Waals surface area contributed by atoms with E-state index in [0.717, 1.165) is 17.8 Å². The Morgan fingerprint density at radius 1 is 1.10 bits per heavy atom. The summed E-state index contributed by atoms with van der Waals surface area (Å²) >= 11 is 0. The highest BCUT2D eigenvalue weighted by atomic mass is 16.1. The van der Waals surface area contributed by atoms with Gasteiger partial charge in [0.25, 0.3) is 0 Å². The monoisotopic (exact) mass is 283 g/mol. The Hall–Kier alpha value is -2.33. The molecule has 0 aliphatic heterocycles. The van der Waals surface area contributed by atoms with E-state index in [2.05, 4.69) is 36.4 Å². The molecule has 2 aromatic rings. The molecule has 0 saturated heterocycles. The molecule has 0 bridgehead atoms. The van der Waals surface area contributed by atoms with E-state index >= 15 is 0 Å². The van der Waals surface area contributed by atoms with E-state index in [1.54, 1.807) is 12.1 Å². The predicted molar refractivity (Wildman–Crippen MR) is 86.1 cm³/mol. The first kappa shape index (κ1) is 15.1. The van der Waals surface area contributed by atoms with Crippen LogP contribution in [-0.4, -0.2) is 24.9 Å². The summed E-state index contributed by atoms with van der Waals surface area (Å²) in [5, 5.41) is 3.44. The Balaban J connectivity index is 2.04. The number of hydrogen-bond donors (Lipinski definition) is 2. The molecule has 110 valence electrons. The lowest BCUT2D eigenvalue weighted by molar-refractivity contribution is 0.100. The lowest BCUT2D eigenvalue weighted by Crippen LogP contribution is -2.13. The summed E-state index contributed by atoms with van der Waals surface area (Å²) in [7, 11) is 4.11. The fourth-order valence-electron chi connectivity index (χ4n) is 2.16. The third kappa shape index (κ3) is 4.33. The van der Waals surface area contributed by atoms with Crippen LogP contribution in [0.3, 0.4) is 0 Å². The van der Waals surface area contributed by atoms with Crippen molar-refractivity contribution in [3.05, 3.63) is 65.2 Å². The highest BCUT2D eigenvalue weighted by Crippen LogP contribution is 2.17. The first-order valence-electron chi connectivity index (χ1n) is 6.91. The number of anilines is 1.